The molecule has 1 aromatic rings. The maximum atomic E-state index is 12.4. The van der Waals surface area contributed by atoms with Crippen molar-refractivity contribution in [3.8, 4) is 11.5 Å². The zero-order chi connectivity index (χ0) is 17.0. The van der Waals surface area contributed by atoms with Gasteiger partial charge in [0.25, 0.3) is 0 Å². The third-order valence-corrected chi connectivity index (χ3v) is 3.74. The molecule has 1 aliphatic heterocycles. The highest BCUT2D eigenvalue weighted by atomic mass is 32.1. The normalized spacial score (nSPS) is 17.2. The molecule has 1 heterocycles. The molecule has 0 saturated heterocycles. The molecule has 7 heteroatoms. The summed E-state index contributed by atoms with van der Waals surface area (Å²) in [5.41, 5.74) is 1.92. The van der Waals surface area contributed by atoms with Gasteiger partial charge in [0, 0.05) is 17.3 Å². The molecule has 0 bridgehead atoms. The first-order valence-electron chi connectivity index (χ1n) is 7.19. The van der Waals surface area contributed by atoms with E-state index in [1.807, 2.05) is 12.1 Å². The van der Waals surface area contributed by atoms with E-state index in [4.69, 9.17) is 26.4 Å². The summed E-state index contributed by atoms with van der Waals surface area (Å²) < 4.78 is 15.8. The Morgan fingerprint density at radius 1 is 1.30 bits per heavy atom. The van der Waals surface area contributed by atoms with Crippen molar-refractivity contribution in [2.45, 2.75) is 19.9 Å². The van der Waals surface area contributed by atoms with Gasteiger partial charge in [0.1, 0.15) is 11.5 Å². The fraction of sp³-hybridized carbons (Fsp3) is 0.375. The number of hydrogen-bond acceptors (Lipinski definition) is 5. The molecule has 1 aromatic carbocycles. The van der Waals surface area contributed by atoms with E-state index in [0.717, 1.165) is 5.56 Å². The minimum atomic E-state index is -0.455. The summed E-state index contributed by atoms with van der Waals surface area (Å²) in [6, 6.07) is 4.96. The van der Waals surface area contributed by atoms with Gasteiger partial charge < -0.3 is 24.8 Å². The molecule has 0 aliphatic carbocycles. The van der Waals surface area contributed by atoms with Crippen LogP contribution in [0, 0.1) is 0 Å². The molecular weight excluding hydrogens is 316 g/mol. The van der Waals surface area contributed by atoms with Crippen molar-refractivity contribution in [1.82, 2.24) is 10.6 Å². The van der Waals surface area contributed by atoms with Gasteiger partial charge in [-0.2, -0.15) is 0 Å². The molecule has 0 spiro atoms. The minimum Gasteiger partial charge on any atom is -0.497 e. The smallest absolute Gasteiger partial charge is 0.338 e. The van der Waals surface area contributed by atoms with Crippen LogP contribution in [-0.2, 0) is 9.53 Å². The predicted octanol–water partition coefficient (Wildman–Crippen LogP) is 2.06. The lowest BCUT2D eigenvalue weighted by Crippen LogP contribution is -2.45. The zero-order valence-corrected chi connectivity index (χ0v) is 14.4. The van der Waals surface area contributed by atoms with E-state index in [9.17, 15) is 4.79 Å². The van der Waals surface area contributed by atoms with Crippen LogP contribution in [0.25, 0.3) is 0 Å². The van der Waals surface area contributed by atoms with Crippen LogP contribution in [0.3, 0.4) is 0 Å². The number of esters is 1. The Kier molecular flexibility index (Phi) is 5.44. The van der Waals surface area contributed by atoms with Crippen LogP contribution in [-0.4, -0.2) is 31.9 Å². The summed E-state index contributed by atoms with van der Waals surface area (Å²) >= 11 is 5.22. The summed E-state index contributed by atoms with van der Waals surface area (Å²) in [4.78, 5) is 12.4. The van der Waals surface area contributed by atoms with Crippen molar-refractivity contribution >= 4 is 23.3 Å². The summed E-state index contributed by atoms with van der Waals surface area (Å²) in [6.45, 7) is 3.86. The lowest BCUT2D eigenvalue weighted by Gasteiger charge is -2.30. The number of carbonyl (C=O) groups excluding carboxylic acids is 1. The number of hydrogen-bond donors (Lipinski definition) is 2. The van der Waals surface area contributed by atoms with Crippen LogP contribution >= 0.6 is 12.2 Å². The lowest BCUT2D eigenvalue weighted by molar-refractivity contribution is -0.139. The first-order valence-corrected chi connectivity index (χ1v) is 7.60. The molecule has 0 radical (unpaired) electrons. The van der Waals surface area contributed by atoms with E-state index >= 15 is 0 Å². The lowest BCUT2D eigenvalue weighted by atomic mass is 9.94. The van der Waals surface area contributed by atoms with Gasteiger partial charge in [-0.05, 0) is 38.2 Å². The van der Waals surface area contributed by atoms with E-state index in [1.54, 1.807) is 34.1 Å². The average Bonchev–Trinajstić information content (AvgIpc) is 2.53. The Morgan fingerprint density at radius 3 is 2.65 bits per heavy atom. The van der Waals surface area contributed by atoms with Crippen molar-refractivity contribution in [2.24, 2.45) is 0 Å². The van der Waals surface area contributed by atoms with Crippen LogP contribution in [0.1, 0.15) is 25.5 Å². The van der Waals surface area contributed by atoms with Gasteiger partial charge in [0.05, 0.1) is 32.4 Å². The Bertz CT molecular complexity index is 657. The Labute approximate surface area is 140 Å². The van der Waals surface area contributed by atoms with E-state index in [-0.39, 0.29) is 0 Å². The Hall–Kier alpha value is -2.28. The fourth-order valence-corrected chi connectivity index (χ4v) is 2.73. The summed E-state index contributed by atoms with van der Waals surface area (Å²) in [6.07, 6.45) is 0. The molecule has 6 nitrogen and oxygen atoms in total. The second kappa shape index (κ2) is 7.32. The molecule has 2 rings (SSSR count). The molecule has 1 aliphatic rings. The van der Waals surface area contributed by atoms with Crippen molar-refractivity contribution in [1.29, 1.82) is 0 Å². The predicted molar refractivity (Wildman–Crippen MR) is 90.5 cm³/mol. The molecule has 2 N–H and O–H groups in total. The van der Waals surface area contributed by atoms with Crippen molar-refractivity contribution in [3.05, 3.63) is 35.0 Å². The third kappa shape index (κ3) is 3.56. The standard InChI is InChI=1S/C16H20N2O4S/c1-5-22-15(19)13-9(2)17-16(23)18-14(13)11-7-6-10(20-3)8-12(11)21-4/h6-8,14H,5H2,1-4H3,(H2,17,18,23)/t14-/m0/s1. The van der Waals surface area contributed by atoms with Crippen LogP contribution in [0.4, 0.5) is 0 Å². The van der Waals surface area contributed by atoms with Gasteiger partial charge in [0.15, 0.2) is 5.11 Å². The molecule has 1 atom stereocenters. The number of methoxy groups -OCH3 is 2. The highest BCUT2D eigenvalue weighted by Gasteiger charge is 2.32. The topological polar surface area (TPSA) is 68.8 Å². The van der Waals surface area contributed by atoms with Gasteiger partial charge in [0.2, 0.25) is 0 Å². The highest BCUT2D eigenvalue weighted by Crippen LogP contribution is 2.35. The van der Waals surface area contributed by atoms with Crippen LogP contribution in [0.15, 0.2) is 29.5 Å². The van der Waals surface area contributed by atoms with Crippen LogP contribution < -0.4 is 20.1 Å². The molecular formula is C16H20N2O4S. The number of benzene rings is 1. The highest BCUT2D eigenvalue weighted by molar-refractivity contribution is 7.80. The first kappa shape index (κ1) is 17.1. The number of carbonyl (C=O) groups is 1. The maximum absolute atomic E-state index is 12.4. The number of nitrogens with one attached hydrogen (secondary N) is 2. The van der Waals surface area contributed by atoms with Gasteiger partial charge in [-0.3, -0.25) is 0 Å². The van der Waals surface area contributed by atoms with E-state index < -0.39 is 12.0 Å². The molecule has 0 aromatic heterocycles. The van der Waals surface area contributed by atoms with Crippen LogP contribution in [0.2, 0.25) is 0 Å². The SMILES string of the molecule is CCOC(=O)C1=C(C)NC(=S)N[C@H]1c1ccc(OC)cc1OC. The monoisotopic (exact) mass is 336 g/mol. The first-order chi connectivity index (χ1) is 11.0. The molecule has 23 heavy (non-hydrogen) atoms. The number of thiocarbonyl (C=S) groups is 1. The molecule has 0 amide bonds. The molecule has 124 valence electrons. The Balaban J connectivity index is 2.52. The number of rotatable bonds is 5. The second-order valence-electron chi connectivity index (χ2n) is 4.90. The van der Waals surface area contributed by atoms with E-state index in [0.29, 0.717) is 34.5 Å². The van der Waals surface area contributed by atoms with Gasteiger partial charge >= 0.3 is 5.97 Å². The van der Waals surface area contributed by atoms with Crippen molar-refractivity contribution < 1.29 is 19.0 Å². The fourth-order valence-electron chi connectivity index (χ4n) is 2.46. The van der Waals surface area contributed by atoms with Crippen LogP contribution in [0.5, 0.6) is 11.5 Å². The summed E-state index contributed by atoms with van der Waals surface area (Å²) in [7, 11) is 3.15. The quantitative estimate of drug-likeness (QED) is 0.630. The van der Waals surface area contributed by atoms with Gasteiger partial charge in [-0.25, -0.2) is 4.79 Å². The van der Waals surface area contributed by atoms with Gasteiger partial charge in [-0.1, -0.05) is 0 Å². The average molecular weight is 336 g/mol. The summed E-state index contributed by atoms with van der Waals surface area (Å²) in [5, 5.41) is 6.51. The molecule has 0 saturated carbocycles. The molecule has 0 fully saturated rings. The van der Waals surface area contributed by atoms with Gasteiger partial charge in [-0.15, -0.1) is 0 Å². The third-order valence-electron chi connectivity index (χ3n) is 3.52. The number of allylic oxidation sites excluding steroid dienone is 1. The largest absolute Gasteiger partial charge is 0.497 e. The van der Waals surface area contributed by atoms with E-state index in [2.05, 4.69) is 10.6 Å². The zero-order valence-electron chi connectivity index (χ0n) is 13.6. The number of ether oxygens (including phenoxy) is 3. The summed E-state index contributed by atoms with van der Waals surface area (Å²) in [5.74, 6) is 0.872. The Morgan fingerprint density at radius 2 is 2.04 bits per heavy atom. The second-order valence-corrected chi connectivity index (χ2v) is 5.31. The van der Waals surface area contributed by atoms with Crippen molar-refractivity contribution in [3.63, 3.8) is 0 Å². The van der Waals surface area contributed by atoms with Crippen molar-refractivity contribution in [2.75, 3.05) is 20.8 Å². The van der Waals surface area contributed by atoms with E-state index in [1.165, 1.54) is 0 Å². The molecule has 0 unspecified atom stereocenters. The minimum absolute atomic E-state index is 0.298. The maximum Gasteiger partial charge on any atom is 0.338 e.